The smallest absolute Gasteiger partial charge is 0.124 e. The highest BCUT2D eigenvalue weighted by atomic mass is 35.5. The van der Waals surface area contributed by atoms with E-state index in [0.717, 1.165) is 34.0 Å². The predicted octanol–water partition coefficient (Wildman–Crippen LogP) is 4.53. The zero-order valence-electron chi connectivity index (χ0n) is 10.0. The first-order valence-electron chi connectivity index (χ1n) is 5.79. The number of benzene rings is 1. The van der Waals surface area contributed by atoms with Crippen LogP contribution < -0.4 is 5.73 Å². The summed E-state index contributed by atoms with van der Waals surface area (Å²) in [6, 6.07) is 5.47. The summed E-state index contributed by atoms with van der Waals surface area (Å²) in [5.74, 6) is 0. The van der Waals surface area contributed by atoms with Crippen LogP contribution in [0.25, 0.3) is 10.6 Å². The summed E-state index contributed by atoms with van der Waals surface area (Å²) in [6.07, 6.45) is 2.02. The fraction of sp³-hybridized carbons (Fsp3) is 0.308. The van der Waals surface area contributed by atoms with Crippen molar-refractivity contribution < 1.29 is 0 Å². The Kier molecular flexibility index (Phi) is 4.62. The molecule has 0 spiro atoms. The summed E-state index contributed by atoms with van der Waals surface area (Å²) >= 11 is 13.6. The van der Waals surface area contributed by atoms with Gasteiger partial charge in [-0.25, -0.2) is 4.98 Å². The molecule has 0 unspecified atom stereocenters. The molecule has 0 aliphatic heterocycles. The van der Waals surface area contributed by atoms with Crippen molar-refractivity contribution in [3.8, 4) is 10.6 Å². The predicted molar refractivity (Wildman–Crippen MR) is 79.5 cm³/mol. The number of aromatic nitrogens is 1. The zero-order chi connectivity index (χ0) is 13.1. The van der Waals surface area contributed by atoms with E-state index in [9.17, 15) is 0 Å². The molecular formula is C13H14Cl2N2S. The van der Waals surface area contributed by atoms with Crippen molar-refractivity contribution in [3.63, 3.8) is 0 Å². The maximum atomic E-state index is 6.01. The van der Waals surface area contributed by atoms with Gasteiger partial charge in [0.25, 0.3) is 0 Å². The van der Waals surface area contributed by atoms with Gasteiger partial charge in [0.2, 0.25) is 0 Å². The first-order valence-corrected chi connectivity index (χ1v) is 7.36. The Labute approximate surface area is 121 Å². The van der Waals surface area contributed by atoms with Gasteiger partial charge >= 0.3 is 0 Å². The van der Waals surface area contributed by atoms with Crippen molar-refractivity contribution in [3.05, 3.63) is 38.8 Å². The van der Waals surface area contributed by atoms with Crippen molar-refractivity contribution in [2.24, 2.45) is 5.73 Å². The van der Waals surface area contributed by atoms with Gasteiger partial charge in [0.15, 0.2) is 0 Å². The van der Waals surface area contributed by atoms with Gasteiger partial charge in [0.1, 0.15) is 5.01 Å². The highest BCUT2D eigenvalue weighted by molar-refractivity contribution is 7.15. The molecule has 0 atom stereocenters. The fourth-order valence-corrected chi connectivity index (χ4v) is 3.28. The average Bonchev–Trinajstić information content (AvgIpc) is 2.71. The molecule has 0 aliphatic carbocycles. The van der Waals surface area contributed by atoms with Crippen molar-refractivity contribution in [2.75, 3.05) is 0 Å². The molecule has 96 valence electrons. The molecule has 18 heavy (non-hydrogen) atoms. The van der Waals surface area contributed by atoms with Gasteiger partial charge in [0.05, 0.1) is 5.69 Å². The molecule has 2 aromatic rings. The molecule has 2 rings (SSSR count). The van der Waals surface area contributed by atoms with Crippen LogP contribution in [-0.2, 0) is 13.0 Å². The van der Waals surface area contributed by atoms with Crippen LogP contribution in [0.1, 0.15) is 23.9 Å². The largest absolute Gasteiger partial charge is 0.326 e. The molecule has 0 saturated heterocycles. The molecule has 2 N–H and O–H groups in total. The van der Waals surface area contributed by atoms with E-state index < -0.39 is 0 Å². The number of nitrogens with zero attached hydrogens (tertiary/aromatic N) is 1. The third-order valence-electron chi connectivity index (χ3n) is 2.56. The SMILES string of the molecule is CCCc1nc(-c2cc(Cl)cc(Cl)c2)sc1CN. The summed E-state index contributed by atoms with van der Waals surface area (Å²) in [5, 5.41) is 2.18. The Morgan fingerprint density at radius 1 is 1.22 bits per heavy atom. The van der Waals surface area contributed by atoms with E-state index in [-0.39, 0.29) is 0 Å². The number of hydrogen-bond acceptors (Lipinski definition) is 3. The first-order chi connectivity index (χ1) is 8.63. The van der Waals surface area contributed by atoms with Gasteiger partial charge < -0.3 is 5.73 Å². The molecule has 0 aliphatic rings. The number of thiazole rings is 1. The molecule has 1 aromatic carbocycles. The molecule has 2 nitrogen and oxygen atoms in total. The third-order valence-corrected chi connectivity index (χ3v) is 4.17. The zero-order valence-corrected chi connectivity index (χ0v) is 12.4. The lowest BCUT2D eigenvalue weighted by atomic mass is 10.2. The monoisotopic (exact) mass is 300 g/mol. The first kappa shape index (κ1) is 13.8. The highest BCUT2D eigenvalue weighted by Gasteiger charge is 2.11. The molecule has 0 radical (unpaired) electrons. The van der Waals surface area contributed by atoms with Crippen LogP contribution in [0.2, 0.25) is 10.0 Å². The van der Waals surface area contributed by atoms with E-state index in [2.05, 4.69) is 11.9 Å². The lowest BCUT2D eigenvalue weighted by molar-refractivity contribution is 0.872. The van der Waals surface area contributed by atoms with Gasteiger partial charge in [-0.2, -0.15) is 0 Å². The van der Waals surface area contributed by atoms with Crippen LogP contribution in [0.3, 0.4) is 0 Å². The van der Waals surface area contributed by atoms with Crippen molar-refractivity contribution >= 4 is 34.5 Å². The lowest BCUT2D eigenvalue weighted by Gasteiger charge is -1.98. The topological polar surface area (TPSA) is 38.9 Å². The van der Waals surface area contributed by atoms with Gasteiger partial charge in [-0.1, -0.05) is 36.5 Å². The van der Waals surface area contributed by atoms with Crippen molar-refractivity contribution in [2.45, 2.75) is 26.3 Å². The summed E-state index contributed by atoms with van der Waals surface area (Å²) in [5.41, 5.74) is 7.80. The Morgan fingerprint density at radius 3 is 2.44 bits per heavy atom. The fourth-order valence-electron chi connectivity index (χ4n) is 1.78. The second-order valence-corrected chi connectivity index (χ2v) is 5.96. The second kappa shape index (κ2) is 6.02. The number of rotatable bonds is 4. The van der Waals surface area contributed by atoms with Crippen LogP contribution in [0.5, 0.6) is 0 Å². The molecule has 1 aromatic heterocycles. The Morgan fingerprint density at radius 2 is 1.89 bits per heavy atom. The number of hydrogen-bond donors (Lipinski definition) is 1. The third kappa shape index (κ3) is 3.04. The second-order valence-electron chi connectivity index (χ2n) is 4.00. The van der Waals surface area contributed by atoms with E-state index in [4.69, 9.17) is 28.9 Å². The van der Waals surface area contributed by atoms with Crippen LogP contribution in [-0.4, -0.2) is 4.98 Å². The Hall–Kier alpha value is -0.610. The molecule has 0 bridgehead atoms. The maximum Gasteiger partial charge on any atom is 0.124 e. The van der Waals surface area contributed by atoms with E-state index >= 15 is 0 Å². The van der Waals surface area contributed by atoms with E-state index in [1.807, 2.05) is 12.1 Å². The summed E-state index contributed by atoms with van der Waals surface area (Å²) < 4.78 is 0. The highest BCUT2D eigenvalue weighted by Crippen LogP contribution is 2.32. The number of halogens is 2. The van der Waals surface area contributed by atoms with Gasteiger partial charge in [-0.05, 0) is 24.6 Å². The van der Waals surface area contributed by atoms with E-state index in [0.29, 0.717) is 16.6 Å². The lowest BCUT2D eigenvalue weighted by Crippen LogP contribution is -1.97. The van der Waals surface area contributed by atoms with E-state index in [1.165, 1.54) is 0 Å². The van der Waals surface area contributed by atoms with Gasteiger partial charge in [0, 0.05) is 27.0 Å². The summed E-state index contributed by atoms with van der Waals surface area (Å²) in [6.45, 7) is 2.66. The minimum Gasteiger partial charge on any atom is -0.326 e. The minimum absolute atomic E-state index is 0.529. The van der Waals surface area contributed by atoms with Crippen LogP contribution in [0.4, 0.5) is 0 Å². The number of aryl methyl sites for hydroxylation is 1. The van der Waals surface area contributed by atoms with Crippen molar-refractivity contribution in [1.82, 2.24) is 4.98 Å². The van der Waals surface area contributed by atoms with E-state index in [1.54, 1.807) is 17.4 Å². The van der Waals surface area contributed by atoms with Crippen LogP contribution in [0, 0.1) is 0 Å². The molecule has 1 heterocycles. The quantitative estimate of drug-likeness (QED) is 0.901. The average molecular weight is 301 g/mol. The summed E-state index contributed by atoms with van der Waals surface area (Å²) in [7, 11) is 0. The molecule has 0 saturated carbocycles. The van der Waals surface area contributed by atoms with Gasteiger partial charge in [-0.3, -0.25) is 0 Å². The number of nitrogens with two attached hydrogens (primary N) is 1. The van der Waals surface area contributed by atoms with Gasteiger partial charge in [-0.15, -0.1) is 11.3 Å². The molecule has 5 heteroatoms. The Bertz CT molecular complexity index is 532. The van der Waals surface area contributed by atoms with Crippen LogP contribution >= 0.6 is 34.5 Å². The molecule has 0 amide bonds. The standard InChI is InChI=1S/C13H14Cl2N2S/c1-2-3-11-12(7-16)18-13(17-11)8-4-9(14)6-10(15)5-8/h4-6H,2-3,7,16H2,1H3. The normalized spacial score (nSPS) is 10.9. The molecular weight excluding hydrogens is 287 g/mol. The molecule has 0 fully saturated rings. The minimum atomic E-state index is 0.529. The summed E-state index contributed by atoms with van der Waals surface area (Å²) in [4.78, 5) is 5.79. The van der Waals surface area contributed by atoms with Crippen molar-refractivity contribution in [1.29, 1.82) is 0 Å². The maximum absolute atomic E-state index is 6.01. The Balaban J connectivity index is 2.43. The van der Waals surface area contributed by atoms with Crippen LogP contribution in [0.15, 0.2) is 18.2 Å².